The van der Waals surface area contributed by atoms with Gasteiger partial charge in [-0.15, -0.1) is 0 Å². The predicted octanol–water partition coefficient (Wildman–Crippen LogP) is 1.41. The van der Waals surface area contributed by atoms with E-state index in [-0.39, 0.29) is 0 Å². The minimum absolute atomic E-state index is 0.538. The highest BCUT2D eigenvalue weighted by atomic mass is 16.6. The topological polar surface area (TPSA) is 97.0 Å². The Bertz CT molecular complexity index is 362. The number of nitro groups is 1. The minimum atomic E-state index is -1.01. The van der Waals surface area contributed by atoms with Crippen LogP contribution < -0.4 is 5.43 Å². The highest BCUT2D eigenvalue weighted by molar-refractivity contribution is 5.73. The summed E-state index contributed by atoms with van der Waals surface area (Å²) in [6.45, 7) is 0. The van der Waals surface area contributed by atoms with Crippen LogP contribution in [0, 0.1) is 15.0 Å². The van der Waals surface area contributed by atoms with Gasteiger partial charge in [0.1, 0.15) is 0 Å². The summed E-state index contributed by atoms with van der Waals surface area (Å²) in [4.78, 5) is 19.0. The molecule has 0 atom stereocenters. The fourth-order valence-corrected chi connectivity index (χ4v) is 0.722. The molecule has 0 amide bonds. The number of anilines is 1. The summed E-state index contributed by atoms with van der Waals surface area (Å²) >= 11 is 0. The summed E-state index contributed by atoms with van der Waals surface area (Å²) in [5.41, 5.74) is 2.87. The maximum absolute atomic E-state index is 10.1. The number of guanidine groups is 1. The Morgan fingerprint density at radius 1 is 1.36 bits per heavy atom. The number of hydrazone groups is 1. The third-order valence-electron chi connectivity index (χ3n) is 1.30. The molecule has 1 N–H and O–H groups in total. The molecular formula is C7H6N4O3. The zero-order valence-corrected chi connectivity index (χ0v) is 6.95. The van der Waals surface area contributed by atoms with Gasteiger partial charge in [0.2, 0.25) is 0 Å². The fraction of sp³-hybridized carbons (Fsp3) is 0. The van der Waals surface area contributed by atoms with Crippen molar-refractivity contribution in [3.05, 3.63) is 45.4 Å². The van der Waals surface area contributed by atoms with E-state index >= 15 is 0 Å². The second-order valence-corrected chi connectivity index (χ2v) is 2.24. The highest BCUT2D eigenvalue weighted by Crippen LogP contribution is 2.04. The number of rotatable bonds is 2. The first-order valence-corrected chi connectivity index (χ1v) is 3.60. The molecule has 14 heavy (non-hydrogen) atoms. The third-order valence-corrected chi connectivity index (χ3v) is 1.30. The zero-order chi connectivity index (χ0) is 10.4. The molecule has 0 bridgehead atoms. The predicted molar refractivity (Wildman–Crippen MR) is 50.3 cm³/mol. The standard InChI is InChI=1S/C7H6N4O3/c12-10-7(11(13)14)9-8-6-4-2-1-3-5-6/h1-5,8H/b9-7+. The van der Waals surface area contributed by atoms with Gasteiger partial charge in [-0.2, -0.15) is 0 Å². The Morgan fingerprint density at radius 2 is 2.00 bits per heavy atom. The van der Waals surface area contributed by atoms with E-state index in [9.17, 15) is 15.0 Å². The van der Waals surface area contributed by atoms with E-state index < -0.39 is 10.9 Å². The van der Waals surface area contributed by atoms with E-state index in [1.54, 1.807) is 30.3 Å². The van der Waals surface area contributed by atoms with Crippen molar-refractivity contribution in [2.24, 2.45) is 10.3 Å². The van der Waals surface area contributed by atoms with Gasteiger partial charge in [0.25, 0.3) is 0 Å². The number of para-hydroxylation sites is 1. The molecule has 7 heteroatoms. The zero-order valence-electron chi connectivity index (χ0n) is 6.95. The van der Waals surface area contributed by atoms with Crippen molar-refractivity contribution in [2.45, 2.75) is 0 Å². The summed E-state index contributed by atoms with van der Waals surface area (Å²) in [6, 6.07) is 8.51. The van der Waals surface area contributed by atoms with E-state index in [1.807, 2.05) is 0 Å². The van der Waals surface area contributed by atoms with Crippen molar-refractivity contribution in [1.29, 1.82) is 0 Å². The molecule has 0 saturated heterocycles. The van der Waals surface area contributed by atoms with Crippen LogP contribution in [0.2, 0.25) is 0 Å². The van der Waals surface area contributed by atoms with Gasteiger partial charge in [-0.05, 0) is 17.1 Å². The van der Waals surface area contributed by atoms with Gasteiger partial charge in [-0.3, -0.25) is 0 Å². The quantitative estimate of drug-likeness (QED) is 0.253. The molecule has 0 aliphatic heterocycles. The molecule has 0 aromatic heterocycles. The van der Waals surface area contributed by atoms with Crippen LogP contribution >= 0.6 is 0 Å². The molecule has 0 aliphatic carbocycles. The van der Waals surface area contributed by atoms with Crippen molar-refractivity contribution >= 4 is 11.6 Å². The average Bonchev–Trinajstić information content (AvgIpc) is 2.20. The smallest absolute Gasteiger partial charge is 0.390 e. The number of nitroso groups, excluding NO2 is 1. The molecule has 1 rings (SSSR count). The Morgan fingerprint density at radius 3 is 2.50 bits per heavy atom. The van der Waals surface area contributed by atoms with Crippen LogP contribution in [0.15, 0.2) is 40.6 Å². The van der Waals surface area contributed by atoms with Crippen LogP contribution in [0.5, 0.6) is 0 Å². The SMILES string of the molecule is O=N/C(=N\Nc1ccccc1)[N+](=O)[O-]. The van der Waals surface area contributed by atoms with Gasteiger partial charge in [0.05, 0.1) is 5.69 Å². The van der Waals surface area contributed by atoms with Crippen molar-refractivity contribution in [1.82, 2.24) is 0 Å². The van der Waals surface area contributed by atoms with Crippen molar-refractivity contribution < 1.29 is 4.92 Å². The summed E-state index contributed by atoms with van der Waals surface area (Å²) in [5, 5.41) is 15.4. The first kappa shape index (κ1) is 9.78. The molecule has 72 valence electrons. The maximum atomic E-state index is 10.1. The molecule has 0 aliphatic rings. The Hall–Kier alpha value is -2.31. The molecule has 0 unspecified atom stereocenters. The van der Waals surface area contributed by atoms with Crippen LogP contribution in [-0.2, 0) is 0 Å². The number of hydrogen-bond donors (Lipinski definition) is 1. The van der Waals surface area contributed by atoms with E-state index in [4.69, 9.17) is 0 Å². The molecule has 0 spiro atoms. The normalized spacial score (nSPS) is 10.7. The molecule has 1 aromatic carbocycles. The van der Waals surface area contributed by atoms with E-state index in [1.165, 1.54) is 0 Å². The Kier molecular flexibility index (Phi) is 3.25. The fourth-order valence-electron chi connectivity index (χ4n) is 0.722. The van der Waals surface area contributed by atoms with Gasteiger partial charge in [-0.25, -0.2) is 5.43 Å². The molecule has 1 aromatic rings. The van der Waals surface area contributed by atoms with E-state index in [2.05, 4.69) is 15.7 Å². The largest absolute Gasteiger partial charge is 0.531 e. The Labute approximate surface area is 78.6 Å². The van der Waals surface area contributed by atoms with Crippen LogP contribution in [0.25, 0.3) is 0 Å². The molecular weight excluding hydrogens is 188 g/mol. The van der Waals surface area contributed by atoms with Gasteiger partial charge in [0, 0.05) is 5.10 Å². The number of nitrogens with zero attached hydrogens (tertiary/aromatic N) is 3. The molecule has 0 heterocycles. The van der Waals surface area contributed by atoms with Gasteiger partial charge >= 0.3 is 5.96 Å². The summed E-state index contributed by atoms with van der Waals surface area (Å²) in [7, 11) is 0. The van der Waals surface area contributed by atoms with Crippen molar-refractivity contribution in [3.63, 3.8) is 0 Å². The maximum Gasteiger partial charge on any atom is 0.531 e. The van der Waals surface area contributed by atoms with E-state index in [0.29, 0.717) is 5.69 Å². The van der Waals surface area contributed by atoms with Gasteiger partial charge < -0.3 is 10.1 Å². The molecule has 7 nitrogen and oxygen atoms in total. The van der Waals surface area contributed by atoms with Gasteiger partial charge in [-0.1, -0.05) is 23.1 Å². The number of hydrogen-bond acceptors (Lipinski definition) is 5. The van der Waals surface area contributed by atoms with Crippen molar-refractivity contribution in [2.75, 3.05) is 5.43 Å². The summed E-state index contributed by atoms with van der Waals surface area (Å²) in [6.07, 6.45) is 0. The lowest BCUT2D eigenvalue weighted by Gasteiger charge is -1.94. The lowest BCUT2D eigenvalue weighted by molar-refractivity contribution is -0.352. The van der Waals surface area contributed by atoms with E-state index in [0.717, 1.165) is 0 Å². The second-order valence-electron chi connectivity index (χ2n) is 2.24. The highest BCUT2D eigenvalue weighted by Gasteiger charge is 2.12. The minimum Gasteiger partial charge on any atom is -0.390 e. The first-order chi connectivity index (χ1) is 6.74. The molecule has 0 radical (unpaired) electrons. The molecule has 0 fully saturated rings. The second kappa shape index (κ2) is 4.65. The first-order valence-electron chi connectivity index (χ1n) is 3.60. The summed E-state index contributed by atoms with van der Waals surface area (Å²) < 4.78 is 0. The third kappa shape index (κ3) is 2.63. The Balaban J connectivity index is 2.71. The lowest BCUT2D eigenvalue weighted by Crippen LogP contribution is -2.10. The summed E-state index contributed by atoms with van der Waals surface area (Å²) in [5.74, 6) is -1.01. The lowest BCUT2D eigenvalue weighted by atomic mass is 10.3. The van der Waals surface area contributed by atoms with Crippen LogP contribution in [0.4, 0.5) is 5.69 Å². The molecule has 0 saturated carbocycles. The van der Waals surface area contributed by atoms with Crippen LogP contribution in [0.1, 0.15) is 0 Å². The van der Waals surface area contributed by atoms with Gasteiger partial charge in [0.15, 0.2) is 5.18 Å². The monoisotopic (exact) mass is 194 g/mol. The van der Waals surface area contributed by atoms with Crippen LogP contribution in [0.3, 0.4) is 0 Å². The van der Waals surface area contributed by atoms with Crippen molar-refractivity contribution in [3.8, 4) is 0 Å². The number of nitrogens with one attached hydrogen (secondary N) is 1. The number of benzene rings is 1. The van der Waals surface area contributed by atoms with Crippen LogP contribution in [-0.4, -0.2) is 10.9 Å². The average molecular weight is 194 g/mol.